The SMILES string of the molecule is ON=C1CCCCC1=C(c1ccccc1)c1ccccc1. The van der Waals surface area contributed by atoms with Crippen molar-refractivity contribution >= 4 is 11.3 Å². The van der Waals surface area contributed by atoms with Crippen LogP contribution in [0.1, 0.15) is 36.8 Å². The molecule has 0 amide bonds. The molecule has 3 rings (SSSR count). The van der Waals surface area contributed by atoms with Gasteiger partial charge in [0.05, 0.1) is 5.71 Å². The van der Waals surface area contributed by atoms with E-state index in [0.29, 0.717) is 0 Å². The van der Waals surface area contributed by atoms with Crippen LogP contribution >= 0.6 is 0 Å². The standard InChI is InChI=1S/C19H19NO/c21-20-18-14-8-7-13-17(18)19(15-9-3-1-4-10-15)16-11-5-2-6-12-16/h1-6,9-12,21H,7-8,13-14H2. The summed E-state index contributed by atoms with van der Waals surface area (Å²) in [7, 11) is 0. The lowest BCUT2D eigenvalue weighted by molar-refractivity contribution is 0.316. The normalized spacial score (nSPS) is 17.0. The lowest BCUT2D eigenvalue weighted by atomic mass is 9.84. The first-order chi connectivity index (χ1) is 10.4. The van der Waals surface area contributed by atoms with Crippen molar-refractivity contribution in [3.05, 3.63) is 77.4 Å². The monoisotopic (exact) mass is 277 g/mol. The second-order valence-electron chi connectivity index (χ2n) is 5.34. The molecule has 0 atom stereocenters. The lowest BCUT2D eigenvalue weighted by Crippen LogP contribution is -2.12. The van der Waals surface area contributed by atoms with E-state index in [1.807, 2.05) is 12.1 Å². The molecule has 0 unspecified atom stereocenters. The van der Waals surface area contributed by atoms with Crippen LogP contribution in [-0.2, 0) is 0 Å². The maximum absolute atomic E-state index is 9.36. The quantitative estimate of drug-likeness (QED) is 0.615. The minimum atomic E-state index is 0.837. The van der Waals surface area contributed by atoms with E-state index in [1.165, 1.54) is 22.3 Å². The number of hydrogen-bond donors (Lipinski definition) is 1. The second kappa shape index (κ2) is 6.40. The number of rotatable bonds is 2. The molecule has 1 aliphatic rings. The van der Waals surface area contributed by atoms with E-state index < -0.39 is 0 Å². The molecule has 0 saturated heterocycles. The molecule has 2 aromatic rings. The molecule has 1 saturated carbocycles. The lowest BCUT2D eigenvalue weighted by Gasteiger charge is -2.21. The van der Waals surface area contributed by atoms with E-state index >= 15 is 0 Å². The summed E-state index contributed by atoms with van der Waals surface area (Å²) in [5, 5.41) is 12.9. The van der Waals surface area contributed by atoms with Gasteiger partial charge in [-0.05, 0) is 48.0 Å². The Labute approximate surface area is 125 Å². The van der Waals surface area contributed by atoms with Gasteiger partial charge >= 0.3 is 0 Å². The molecule has 0 bridgehead atoms. The van der Waals surface area contributed by atoms with Gasteiger partial charge < -0.3 is 5.21 Å². The molecule has 21 heavy (non-hydrogen) atoms. The minimum Gasteiger partial charge on any atom is -0.411 e. The Bertz CT molecular complexity index is 615. The minimum absolute atomic E-state index is 0.837. The van der Waals surface area contributed by atoms with Crippen LogP contribution in [0.4, 0.5) is 0 Å². The molecule has 0 radical (unpaired) electrons. The van der Waals surface area contributed by atoms with Gasteiger partial charge in [-0.2, -0.15) is 0 Å². The molecule has 0 spiro atoms. The van der Waals surface area contributed by atoms with Crippen LogP contribution in [0.15, 0.2) is 71.4 Å². The molecule has 0 heterocycles. The van der Waals surface area contributed by atoms with Gasteiger partial charge in [0.15, 0.2) is 0 Å². The first-order valence-corrected chi connectivity index (χ1v) is 7.45. The molecule has 2 nitrogen and oxygen atoms in total. The van der Waals surface area contributed by atoms with Crippen molar-refractivity contribution in [1.29, 1.82) is 0 Å². The smallest absolute Gasteiger partial charge is 0.0833 e. The number of oxime groups is 1. The first-order valence-electron chi connectivity index (χ1n) is 7.45. The Balaban J connectivity index is 2.21. The van der Waals surface area contributed by atoms with Gasteiger partial charge in [-0.3, -0.25) is 0 Å². The van der Waals surface area contributed by atoms with Crippen LogP contribution in [0.3, 0.4) is 0 Å². The number of allylic oxidation sites excluding steroid dienone is 1. The zero-order chi connectivity index (χ0) is 14.5. The topological polar surface area (TPSA) is 32.6 Å². The summed E-state index contributed by atoms with van der Waals surface area (Å²) in [5.74, 6) is 0. The Morgan fingerprint density at radius 3 is 1.81 bits per heavy atom. The van der Waals surface area contributed by atoms with Crippen molar-refractivity contribution < 1.29 is 5.21 Å². The summed E-state index contributed by atoms with van der Waals surface area (Å²) >= 11 is 0. The maximum Gasteiger partial charge on any atom is 0.0833 e. The summed E-state index contributed by atoms with van der Waals surface area (Å²) in [5.41, 5.74) is 5.58. The third-order valence-corrected chi connectivity index (χ3v) is 3.99. The first kappa shape index (κ1) is 13.6. The molecule has 1 N–H and O–H groups in total. The van der Waals surface area contributed by atoms with Gasteiger partial charge in [-0.15, -0.1) is 0 Å². The molecular weight excluding hydrogens is 258 g/mol. The van der Waals surface area contributed by atoms with Crippen LogP contribution < -0.4 is 0 Å². The van der Waals surface area contributed by atoms with Crippen molar-refractivity contribution in [3.63, 3.8) is 0 Å². The zero-order valence-electron chi connectivity index (χ0n) is 12.0. The Morgan fingerprint density at radius 2 is 1.29 bits per heavy atom. The van der Waals surface area contributed by atoms with Crippen molar-refractivity contribution in [2.24, 2.45) is 5.16 Å². The summed E-state index contributed by atoms with van der Waals surface area (Å²) < 4.78 is 0. The maximum atomic E-state index is 9.36. The molecule has 0 aliphatic heterocycles. The summed E-state index contributed by atoms with van der Waals surface area (Å²) in [6, 6.07) is 20.8. The van der Waals surface area contributed by atoms with Crippen molar-refractivity contribution in [1.82, 2.24) is 0 Å². The van der Waals surface area contributed by atoms with Crippen LogP contribution in [0.25, 0.3) is 5.57 Å². The van der Waals surface area contributed by atoms with Gasteiger partial charge in [-0.1, -0.05) is 65.8 Å². The third kappa shape index (κ3) is 2.89. The van der Waals surface area contributed by atoms with Crippen LogP contribution in [-0.4, -0.2) is 10.9 Å². The number of nitrogens with zero attached hydrogens (tertiary/aromatic N) is 1. The summed E-state index contributed by atoms with van der Waals surface area (Å²) in [4.78, 5) is 0. The number of benzene rings is 2. The van der Waals surface area contributed by atoms with Gasteiger partial charge in [0.1, 0.15) is 0 Å². The van der Waals surface area contributed by atoms with Crippen LogP contribution in [0.5, 0.6) is 0 Å². The molecule has 0 aromatic heterocycles. The van der Waals surface area contributed by atoms with Crippen LogP contribution in [0.2, 0.25) is 0 Å². The molecule has 1 aliphatic carbocycles. The van der Waals surface area contributed by atoms with E-state index in [-0.39, 0.29) is 0 Å². The average Bonchev–Trinajstić information content (AvgIpc) is 2.58. The summed E-state index contributed by atoms with van der Waals surface area (Å²) in [6.45, 7) is 0. The molecule has 1 fully saturated rings. The highest BCUT2D eigenvalue weighted by Gasteiger charge is 2.20. The van der Waals surface area contributed by atoms with Gasteiger partial charge in [0, 0.05) is 0 Å². The fourth-order valence-corrected chi connectivity index (χ4v) is 2.99. The number of hydrogen-bond acceptors (Lipinski definition) is 2. The highest BCUT2D eigenvalue weighted by molar-refractivity contribution is 6.09. The van der Waals surface area contributed by atoms with E-state index in [0.717, 1.165) is 31.4 Å². The van der Waals surface area contributed by atoms with Gasteiger partial charge in [0.2, 0.25) is 0 Å². The van der Waals surface area contributed by atoms with Crippen molar-refractivity contribution in [3.8, 4) is 0 Å². The predicted molar refractivity (Wildman–Crippen MR) is 86.6 cm³/mol. The fourth-order valence-electron chi connectivity index (χ4n) is 2.99. The second-order valence-corrected chi connectivity index (χ2v) is 5.34. The van der Waals surface area contributed by atoms with E-state index in [4.69, 9.17) is 0 Å². The predicted octanol–water partition coefficient (Wildman–Crippen LogP) is 4.89. The Hall–Kier alpha value is -2.35. The van der Waals surface area contributed by atoms with Crippen molar-refractivity contribution in [2.75, 3.05) is 0 Å². The molecular formula is C19H19NO. The third-order valence-electron chi connectivity index (χ3n) is 3.99. The Kier molecular flexibility index (Phi) is 4.15. The fraction of sp³-hybridized carbons (Fsp3) is 0.211. The highest BCUT2D eigenvalue weighted by Crippen LogP contribution is 2.33. The van der Waals surface area contributed by atoms with Gasteiger partial charge in [-0.25, -0.2) is 0 Å². The van der Waals surface area contributed by atoms with Gasteiger partial charge in [0.25, 0.3) is 0 Å². The summed E-state index contributed by atoms with van der Waals surface area (Å²) in [6.07, 6.45) is 4.07. The Morgan fingerprint density at radius 1 is 0.762 bits per heavy atom. The van der Waals surface area contributed by atoms with E-state index in [9.17, 15) is 5.21 Å². The van der Waals surface area contributed by atoms with E-state index in [1.54, 1.807) is 0 Å². The average molecular weight is 277 g/mol. The molecule has 2 aromatic carbocycles. The van der Waals surface area contributed by atoms with Crippen molar-refractivity contribution in [2.45, 2.75) is 25.7 Å². The van der Waals surface area contributed by atoms with E-state index in [2.05, 4.69) is 53.7 Å². The molecule has 2 heteroatoms. The highest BCUT2D eigenvalue weighted by atomic mass is 16.4. The molecule has 106 valence electrons. The largest absolute Gasteiger partial charge is 0.411 e. The van der Waals surface area contributed by atoms with Crippen LogP contribution in [0, 0.1) is 0 Å². The zero-order valence-corrected chi connectivity index (χ0v) is 12.0.